The van der Waals surface area contributed by atoms with E-state index in [9.17, 15) is 9.18 Å². The van der Waals surface area contributed by atoms with Crippen molar-refractivity contribution in [3.8, 4) is 0 Å². The summed E-state index contributed by atoms with van der Waals surface area (Å²) >= 11 is 0. The van der Waals surface area contributed by atoms with Crippen LogP contribution in [0.25, 0.3) is 0 Å². The molecule has 0 atom stereocenters. The zero-order chi connectivity index (χ0) is 19.2. The standard InChI is InChI=1S/C21H23FN2O3/c1-3-24-19-9-8-15(10-11-27-14-26-2)12-17(19)21(23-13-20(24)25)16-6-4-5-7-18(16)22/h4-9,12H,3,10-11,13-14H2,1-2H3. The lowest BCUT2D eigenvalue weighted by Gasteiger charge is -2.22. The zero-order valence-electron chi connectivity index (χ0n) is 15.6. The number of rotatable bonds is 7. The normalized spacial score (nSPS) is 14.0. The second-order valence-electron chi connectivity index (χ2n) is 6.20. The third-order valence-electron chi connectivity index (χ3n) is 4.46. The van der Waals surface area contributed by atoms with Crippen molar-refractivity contribution in [2.75, 3.05) is 38.5 Å². The van der Waals surface area contributed by atoms with Crippen LogP contribution in [0.15, 0.2) is 47.5 Å². The van der Waals surface area contributed by atoms with E-state index in [0.29, 0.717) is 30.8 Å². The number of amides is 1. The maximum atomic E-state index is 14.5. The summed E-state index contributed by atoms with van der Waals surface area (Å²) in [5.74, 6) is -0.449. The Morgan fingerprint density at radius 2 is 2.00 bits per heavy atom. The van der Waals surface area contributed by atoms with Crippen molar-refractivity contribution in [1.82, 2.24) is 0 Å². The van der Waals surface area contributed by atoms with Gasteiger partial charge in [-0.15, -0.1) is 0 Å². The zero-order valence-corrected chi connectivity index (χ0v) is 15.6. The highest BCUT2D eigenvalue weighted by atomic mass is 19.1. The minimum absolute atomic E-state index is 0.00152. The molecule has 0 unspecified atom stereocenters. The van der Waals surface area contributed by atoms with Gasteiger partial charge in [-0.2, -0.15) is 0 Å². The molecule has 2 aromatic carbocycles. The number of aliphatic imine (C=N–C) groups is 1. The SMILES string of the molecule is CCN1C(=O)CN=C(c2ccccc2F)c2cc(CCOCOC)ccc21. The van der Waals surface area contributed by atoms with Crippen LogP contribution in [0.1, 0.15) is 23.6 Å². The number of anilines is 1. The van der Waals surface area contributed by atoms with E-state index < -0.39 is 0 Å². The number of fused-ring (bicyclic) bond motifs is 1. The molecule has 1 amide bonds. The summed E-state index contributed by atoms with van der Waals surface area (Å²) in [6.07, 6.45) is 0.682. The molecule has 0 saturated carbocycles. The van der Waals surface area contributed by atoms with Crippen LogP contribution >= 0.6 is 0 Å². The molecule has 0 spiro atoms. The van der Waals surface area contributed by atoms with Gasteiger partial charge in [0.25, 0.3) is 0 Å². The van der Waals surface area contributed by atoms with Crippen molar-refractivity contribution in [2.45, 2.75) is 13.3 Å². The molecule has 0 radical (unpaired) electrons. The van der Waals surface area contributed by atoms with Gasteiger partial charge in [0.2, 0.25) is 5.91 Å². The van der Waals surface area contributed by atoms with Crippen LogP contribution in [0.3, 0.4) is 0 Å². The minimum atomic E-state index is -0.353. The van der Waals surface area contributed by atoms with Gasteiger partial charge in [0.1, 0.15) is 19.2 Å². The number of carbonyl (C=O) groups excluding carboxylic acids is 1. The maximum Gasteiger partial charge on any atom is 0.248 e. The molecule has 1 heterocycles. The topological polar surface area (TPSA) is 51.1 Å². The molecule has 0 fully saturated rings. The molecule has 2 aromatic rings. The van der Waals surface area contributed by atoms with Gasteiger partial charge in [-0.1, -0.05) is 18.2 Å². The van der Waals surface area contributed by atoms with Crippen LogP contribution in [-0.2, 0) is 20.7 Å². The van der Waals surface area contributed by atoms with Crippen molar-refractivity contribution in [1.29, 1.82) is 0 Å². The monoisotopic (exact) mass is 370 g/mol. The van der Waals surface area contributed by atoms with Gasteiger partial charge in [0.05, 0.1) is 18.0 Å². The summed E-state index contributed by atoms with van der Waals surface area (Å²) in [5.41, 5.74) is 3.45. The number of halogens is 1. The van der Waals surface area contributed by atoms with E-state index in [-0.39, 0.29) is 25.1 Å². The van der Waals surface area contributed by atoms with Crippen molar-refractivity contribution in [3.63, 3.8) is 0 Å². The number of carbonyl (C=O) groups is 1. The van der Waals surface area contributed by atoms with Crippen molar-refractivity contribution < 1.29 is 18.7 Å². The lowest BCUT2D eigenvalue weighted by molar-refractivity contribution is -0.117. The van der Waals surface area contributed by atoms with Crippen LogP contribution in [0.4, 0.5) is 10.1 Å². The van der Waals surface area contributed by atoms with Gasteiger partial charge in [-0.25, -0.2) is 4.39 Å². The first-order valence-electron chi connectivity index (χ1n) is 8.95. The molecule has 0 aromatic heterocycles. The fourth-order valence-electron chi connectivity index (χ4n) is 3.18. The molecular weight excluding hydrogens is 347 g/mol. The number of nitrogens with zero attached hydrogens (tertiary/aromatic N) is 2. The van der Waals surface area contributed by atoms with Crippen LogP contribution in [-0.4, -0.2) is 45.2 Å². The summed E-state index contributed by atoms with van der Waals surface area (Å²) in [4.78, 5) is 18.6. The highest BCUT2D eigenvalue weighted by Gasteiger charge is 2.25. The summed E-state index contributed by atoms with van der Waals surface area (Å²) in [6.45, 7) is 3.20. The van der Waals surface area contributed by atoms with E-state index in [4.69, 9.17) is 9.47 Å². The Balaban J connectivity index is 2.03. The Morgan fingerprint density at radius 1 is 1.19 bits per heavy atom. The molecule has 3 rings (SSSR count). The fourth-order valence-corrected chi connectivity index (χ4v) is 3.18. The van der Waals surface area contributed by atoms with E-state index in [1.807, 2.05) is 25.1 Å². The van der Waals surface area contributed by atoms with Gasteiger partial charge in [0, 0.05) is 24.8 Å². The predicted octanol–water partition coefficient (Wildman–Crippen LogP) is 3.19. The molecular formula is C21H23FN2O3. The number of likely N-dealkylation sites (N-methyl/N-ethyl adjacent to an activating group) is 1. The molecule has 1 aliphatic heterocycles. The molecule has 6 heteroatoms. The lowest BCUT2D eigenvalue weighted by atomic mass is 9.97. The summed E-state index contributed by atoms with van der Waals surface area (Å²) in [5, 5.41) is 0. The smallest absolute Gasteiger partial charge is 0.248 e. The number of ether oxygens (including phenoxy) is 2. The van der Waals surface area contributed by atoms with Crippen LogP contribution in [0.2, 0.25) is 0 Å². The molecule has 0 saturated heterocycles. The fraction of sp³-hybridized carbons (Fsp3) is 0.333. The van der Waals surface area contributed by atoms with Crippen LogP contribution in [0.5, 0.6) is 0 Å². The van der Waals surface area contributed by atoms with Gasteiger partial charge in [-0.05, 0) is 43.2 Å². The van der Waals surface area contributed by atoms with E-state index >= 15 is 0 Å². The summed E-state index contributed by atoms with van der Waals surface area (Å²) in [7, 11) is 1.58. The van der Waals surface area contributed by atoms with Crippen LogP contribution < -0.4 is 4.90 Å². The molecule has 142 valence electrons. The van der Waals surface area contributed by atoms with E-state index in [0.717, 1.165) is 16.8 Å². The molecule has 27 heavy (non-hydrogen) atoms. The van der Waals surface area contributed by atoms with Gasteiger partial charge < -0.3 is 14.4 Å². The van der Waals surface area contributed by atoms with Gasteiger partial charge in [-0.3, -0.25) is 9.79 Å². The van der Waals surface area contributed by atoms with Gasteiger partial charge >= 0.3 is 0 Å². The molecule has 5 nitrogen and oxygen atoms in total. The van der Waals surface area contributed by atoms with Crippen molar-refractivity contribution in [3.05, 3.63) is 65.0 Å². The molecule has 0 bridgehead atoms. The average molecular weight is 370 g/mol. The van der Waals surface area contributed by atoms with Crippen molar-refractivity contribution in [2.24, 2.45) is 4.99 Å². The van der Waals surface area contributed by atoms with E-state index in [2.05, 4.69) is 4.99 Å². The lowest BCUT2D eigenvalue weighted by Crippen LogP contribution is -2.32. The largest absolute Gasteiger partial charge is 0.359 e. The van der Waals surface area contributed by atoms with Crippen LogP contribution in [0, 0.1) is 5.82 Å². The maximum absolute atomic E-state index is 14.5. The first kappa shape index (κ1) is 19.2. The van der Waals surface area contributed by atoms with E-state index in [1.54, 1.807) is 30.2 Å². The molecule has 0 N–H and O–H groups in total. The Bertz CT molecular complexity index is 851. The summed E-state index contributed by atoms with van der Waals surface area (Å²) < 4.78 is 24.7. The molecule has 0 aliphatic carbocycles. The van der Waals surface area contributed by atoms with E-state index in [1.165, 1.54) is 6.07 Å². The summed E-state index contributed by atoms with van der Waals surface area (Å²) in [6, 6.07) is 12.4. The minimum Gasteiger partial charge on any atom is -0.359 e. The van der Waals surface area contributed by atoms with Gasteiger partial charge in [0.15, 0.2) is 0 Å². The quantitative estimate of drug-likeness (QED) is 0.556. The molecule has 1 aliphatic rings. The Morgan fingerprint density at radius 3 is 2.74 bits per heavy atom. The number of benzene rings is 2. The van der Waals surface area contributed by atoms with Crippen molar-refractivity contribution >= 4 is 17.3 Å². The number of benzodiazepines with no additional fused rings is 1. The second kappa shape index (κ2) is 8.88. The third kappa shape index (κ3) is 4.23. The highest BCUT2D eigenvalue weighted by molar-refractivity contribution is 6.19. The predicted molar refractivity (Wildman–Crippen MR) is 103 cm³/mol. The number of hydrogen-bond acceptors (Lipinski definition) is 4. The Kier molecular flexibility index (Phi) is 6.32. The number of methoxy groups -OCH3 is 1. The Hall–Kier alpha value is -2.57. The second-order valence-corrected chi connectivity index (χ2v) is 6.20. The Labute approximate surface area is 158 Å². The average Bonchev–Trinajstić information content (AvgIpc) is 2.81. The first-order valence-corrected chi connectivity index (χ1v) is 8.95. The first-order chi connectivity index (χ1) is 13.2. The third-order valence-corrected chi connectivity index (χ3v) is 4.46. The number of hydrogen-bond donors (Lipinski definition) is 0. The highest BCUT2D eigenvalue weighted by Crippen LogP contribution is 2.29.